The Morgan fingerprint density at radius 1 is 1.19 bits per heavy atom. The van der Waals surface area contributed by atoms with E-state index in [9.17, 15) is 26.7 Å². The fourth-order valence-corrected chi connectivity index (χ4v) is 6.02. The molecule has 3 aromatic heterocycles. The Morgan fingerprint density at radius 3 is 2.65 bits per heavy atom. The number of fused-ring (bicyclic) bond motifs is 3. The Kier molecular flexibility index (Phi) is 7.23. The van der Waals surface area contributed by atoms with E-state index in [2.05, 4.69) is 32.3 Å². The molecule has 0 radical (unpaired) electrons. The van der Waals surface area contributed by atoms with Crippen LogP contribution < -0.4 is 10.6 Å². The number of pyridine rings is 2. The average Bonchev–Trinajstić information content (AvgIpc) is 3.48. The molecule has 2 aliphatic rings. The van der Waals surface area contributed by atoms with Crippen molar-refractivity contribution in [3.8, 4) is 11.1 Å². The SMILES string of the molecule is C=Cc1cc(-c2cccnc2[C@H](Cc2cc(F)cc(F)c2)NC(=O)Cn2nc(C(F)(F)F)c3c2CC2CC32)cnc1NC. The maximum Gasteiger partial charge on any atom is 0.435 e. The van der Waals surface area contributed by atoms with Crippen molar-refractivity contribution in [2.45, 2.75) is 43.9 Å². The number of aromatic nitrogens is 4. The number of carbonyl (C=O) groups excluding carboxylic acids is 1. The molecule has 0 aliphatic heterocycles. The van der Waals surface area contributed by atoms with Gasteiger partial charge in [-0.25, -0.2) is 13.8 Å². The smallest absolute Gasteiger partial charge is 0.373 e. The zero-order valence-electron chi connectivity index (χ0n) is 23.1. The summed E-state index contributed by atoms with van der Waals surface area (Å²) in [5.74, 6) is -1.60. The minimum atomic E-state index is -4.63. The third-order valence-electron chi connectivity index (χ3n) is 7.96. The highest BCUT2D eigenvalue weighted by atomic mass is 19.4. The molecule has 0 spiro atoms. The third kappa shape index (κ3) is 5.61. The highest BCUT2D eigenvalue weighted by Gasteiger charge is 2.53. The summed E-state index contributed by atoms with van der Waals surface area (Å²) in [5, 5.41) is 9.64. The number of anilines is 1. The van der Waals surface area contributed by atoms with Crippen molar-refractivity contribution < 1.29 is 26.7 Å². The molecular formula is C31H27F5N6O. The predicted octanol–water partition coefficient (Wildman–Crippen LogP) is 6.08. The van der Waals surface area contributed by atoms with Crippen LogP contribution in [0.2, 0.25) is 0 Å². The molecule has 222 valence electrons. The zero-order chi connectivity index (χ0) is 30.5. The van der Waals surface area contributed by atoms with E-state index >= 15 is 0 Å². The maximum atomic E-state index is 14.1. The number of alkyl halides is 3. The molecule has 43 heavy (non-hydrogen) atoms. The second kappa shape index (κ2) is 10.9. The monoisotopic (exact) mass is 594 g/mol. The number of halogens is 5. The van der Waals surface area contributed by atoms with Crippen molar-refractivity contribution >= 4 is 17.8 Å². The summed E-state index contributed by atoms with van der Waals surface area (Å²) in [6.45, 7) is 3.38. The van der Waals surface area contributed by atoms with Gasteiger partial charge < -0.3 is 10.6 Å². The molecule has 3 heterocycles. The molecule has 6 rings (SSSR count). The number of nitrogens with one attached hydrogen (secondary N) is 2. The van der Waals surface area contributed by atoms with Crippen molar-refractivity contribution in [2.75, 3.05) is 12.4 Å². The summed E-state index contributed by atoms with van der Waals surface area (Å²) in [6, 6.07) is 7.48. The van der Waals surface area contributed by atoms with Crippen LogP contribution in [0.15, 0.2) is 55.4 Å². The lowest BCUT2D eigenvalue weighted by Crippen LogP contribution is -2.34. The van der Waals surface area contributed by atoms with Gasteiger partial charge in [0.15, 0.2) is 5.69 Å². The van der Waals surface area contributed by atoms with Crippen molar-refractivity contribution in [1.82, 2.24) is 25.1 Å². The number of nitrogens with zero attached hydrogens (tertiary/aromatic N) is 4. The van der Waals surface area contributed by atoms with Gasteiger partial charge in [-0.3, -0.25) is 14.5 Å². The molecule has 0 bridgehead atoms. The van der Waals surface area contributed by atoms with Crippen LogP contribution in [0.5, 0.6) is 0 Å². The predicted molar refractivity (Wildman–Crippen MR) is 150 cm³/mol. The summed E-state index contributed by atoms with van der Waals surface area (Å²) >= 11 is 0. The summed E-state index contributed by atoms with van der Waals surface area (Å²) < 4.78 is 70.7. The van der Waals surface area contributed by atoms with Gasteiger partial charge in [0, 0.05) is 53.5 Å². The van der Waals surface area contributed by atoms with Gasteiger partial charge in [-0.05, 0) is 60.9 Å². The fourth-order valence-electron chi connectivity index (χ4n) is 6.02. The lowest BCUT2D eigenvalue weighted by Gasteiger charge is -2.22. The number of carbonyl (C=O) groups is 1. The van der Waals surface area contributed by atoms with Crippen molar-refractivity contribution in [2.24, 2.45) is 5.92 Å². The summed E-state index contributed by atoms with van der Waals surface area (Å²) in [4.78, 5) is 22.4. The van der Waals surface area contributed by atoms with Crippen LogP contribution in [0.4, 0.5) is 27.8 Å². The zero-order valence-corrected chi connectivity index (χ0v) is 23.1. The summed E-state index contributed by atoms with van der Waals surface area (Å²) in [6.07, 6.45) is 1.24. The van der Waals surface area contributed by atoms with E-state index in [1.807, 2.05) is 6.07 Å². The number of hydrogen-bond acceptors (Lipinski definition) is 5. The van der Waals surface area contributed by atoms with Gasteiger partial charge in [-0.15, -0.1) is 0 Å². The van der Waals surface area contributed by atoms with Crippen LogP contribution in [0.25, 0.3) is 17.2 Å². The first-order valence-electron chi connectivity index (χ1n) is 13.7. The van der Waals surface area contributed by atoms with E-state index in [1.165, 1.54) is 6.20 Å². The molecule has 2 N–H and O–H groups in total. The molecule has 1 amide bonds. The molecular weight excluding hydrogens is 567 g/mol. The van der Waals surface area contributed by atoms with E-state index in [1.54, 1.807) is 31.5 Å². The third-order valence-corrected chi connectivity index (χ3v) is 7.96. The minimum absolute atomic E-state index is 0.0457. The van der Waals surface area contributed by atoms with E-state index in [4.69, 9.17) is 0 Å². The molecule has 7 nitrogen and oxygen atoms in total. The molecule has 0 saturated heterocycles. The van der Waals surface area contributed by atoms with Gasteiger partial charge in [0.25, 0.3) is 0 Å². The lowest BCUT2D eigenvalue weighted by atomic mass is 9.95. The van der Waals surface area contributed by atoms with Gasteiger partial charge >= 0.3 is 6.18 Å². The minimum Gasteiger partial charge on any atom is -0.373 e. The van der Waals surface area contributed by atoms with Crippen LogP contribution in [0.3, 0.4) is 0 Å². The van der Waals surface area contributed by atoms with Crippen molar-refractivity contribution in [3.05, 3.63) is 101 Å². The molecule has 12 heteroatoms. The van der Waals surface area contributed by atoms with Crippen LogP contribution in [-0.4, -0.2) is 32.7 Å². The van der Waals surface area contributed by atoms with Crippen LogP contribution in [0, 0.1) is 17.6 Å². The Labute approximate surface area is 243 Å². The summed E-state index contributed by atoms with van der Waals surface area (Å²) in [7, 11) is 1.73. The Hall–Kier alpha value is -4.61. The summed E-state index contributed by atoms with van der Waals surface area (Å²) in [5.41, 5.74) is 2.30. The van der Waals surface area contributed by atoms with E-state index < -0.39 is 42.0 Å². The second-order valence-electron chi connectivity index (χ2n) is 10.8. The maximum absolute atomic E-state index is 14.1. The Morgan fingerprint density at radius 2 is 1.95 bits per heavy atom. The molecule has 1 saturated carbocycles. The topological polar surface area (TPSA) is 84.7 Å². The average molecular weight is 595 g/mol. The highest BCUT2D eigenvalue weighted by Crippen LogP contribution is 2.59. The van der Waals surface area contributed by atoms with Crippen LogP contribution in [-0.2, 0) is 30.4 Å². The van der Waals surface area contributed by atoms with Crippen LogP contribution in [0.1, 0.15) is 52.2 Å². The number of benzene rings is 1. The Balaban J connectivity index is 1.35. The molecule has 1 fully saturated rings. The van der Waals surface area contributed by atoms with Gasteiger partial charge in [-0.2, -0.15) is 18.3 Å². The van der Waals surface area contributed by atoms with Gasteiger partial charge in [0.05, 0.1) is 11.7 Å². The first-order chi connectivity index (χ1) is 20.5. The Bertz CT molecular complexity index is 1710. The molecule has 2 aliphatic carbocycles. The molecule has 2 unspecified atom stereocenters. The van der Waals surface area contributed by atoms with Crippen molar-refractivity contribution in [3.63, 3.8) is 0 Å². The van der Waals surface area contributed by atoms with Crippen molar-refractivity contribution in [1.29, 1.82) is 0 Å². The molecule has 1 aromatic carbocycles. The van der Waals surface area contributed by atoms with E-state index in [0.717, 1.165) is 22.9 Å². The van der Waals surface area contributed by atoms with E-state index in [0.29, 0.717) is 46.7 Å². The standard InChI is InChI=1S/C31H27F5N6O/c1-3-17-10-19(14-39-30(17)37-2)22-5-4-6-38-28(22)24(9-16-7-20(32)13-21(33)8-16)40-26(43)15-42-25-12-18-11-23(18)27(25)29(41-42)31(34,35)36/h3-8,10,13-14,18,23-24H,1,9,11-12,15H2,2H3,(H,37,39)(H,40,43)/t18?,23?,24-/m0/s1. The van der Waals surface area contributed by atoms with Crippen LogP contribution >= 0.6 is 0 Å². The van der Waals surface area contributed by atoms with E-state index in [-0.39, 0.29) is 29.4 Å². The fraction of sp³-hybridized carbons (Fsp3) is 0.290. The number of hydrogen-bond donors (Lipinski definition) is 2. The lowest BCUT2D eigenvalue weighted by molar-refractivity contribution is -0.142. The quantitative estimate of drug-likeness (QED) is 0.230. The first kappa shape index (κ1) is 28.5. The first-order valence-corrected chi connectivity index (χ1v) is 13.7. The number of amides is 1. The molecule has 3 atom stereocenters. The number of rotatable bonds is 9. The second-order valence-corrected chi connectivity index (χ2v) is 10.8. The largest absolute Gasteiger partial charge is 0.435 e. The normalized spacial score (nSPS) is 17.6. The van der Waals surface area contributed by atoms with Gasteiger partial charge in [0.2, 0.25) is 5.91 Å². The highest BCUT2D eigenvalue weighted by molar-refractivity contribution is 5.78. The van der Waals surface area contributed by atoms with Gasteiger partial charge in [0.1, 0.15) is 24.0 Å². The van der Waals surface area contributed by atoms with Gasteiger partial charge in [-0.1, -0.05) is 18.7 Å². The molecule has 4 aromatic rings.